The number of halogens is 2. The number of likely N-dealkylation sites (N-methyl/N-ethyl adjacent to an activating group) is 1. The van der Waals surface area contributed by atoms with Crippen molar-refractivity contribution >= 4 is 44.8 Å². The fourth-order valence-corrected chi connectivity index (χ4v) is 4.27. The van der Waals surface area contributed by atoms with Crippen LogP contribution in [0.4, 0.5) is 5.69 Å². The molecule has 0 aliphatic heterocycles. The number of nitrogens with one attached hydrogen (secondary N) is 1. The largest absolute Gasteiger partial charge is 0.490 e. The van der Waals surface area contributed by atoms with Gasteiger partial charge in [0, 0.05) is 12.6 Å². The molecule has 3 rings (SSSR count). The summed E-state index contributed by atoms with van der Waals surface area (Å²) in [6, 6.07) is 19.4. The summed E-state index contributed by atoms with van der Waals surface area (Å²) in [6.45, 7) is 0.525. The van der Waals surface area contributed by atoms with E-state index in [1.54, 1.807) is 61.6 Å². The molecule has 9 heteroatoms. The Morgan fingerprint density at radius 1 is 0.968 bits per heavy atom. The molecule has 0 radical (unpaired) electrons. The van der Waals surface area contributed by atoms with Crippen LogP contribution >= 0.6 is 23.2 Å². The van der Waals surface area contributed by atoms with Gasteiger partial charge in [-0.15, -0.1) is 0 Å². The van der Waals surface area contributed by atoms with E-state index >= 15 is 0 Å². The number of carbonyl (C=O) groups is 1. The molecule has 3 aromatic rings. The van der Waals surface area contributed by atoms with Gasteiger partial charge in [0.05, 0.1) is 27.2 Å². The highest BCUT2D eigenvalue weighted by atomic mass is 35.5. The van der Waals surface area contributed by atoms with Crippen LogP contribution < -0.4 is 9.46 Å². The summed E-state index contributed by atoms with van der Waals surface area (Å²) in [5.41, 5.74) is 0.497. The van der Waals surface area contributed by atoms with Gasteiger partial charge in [0.1, 0.15) is 12.4 Å². The van der Waals surface area contributed by atoms with Crippen molar-refractivity contribution in [1.82, 2.24) is 4.90 Å². The monoisotopic (exact) mass is 478 g/mol. The van der Waals surface area contributed by atoms with Crippen molar-refractivity contribution in [3.05, 3.63) is 88.4 Å². The first-order valence-electron chi connectivity index (χ1n) is 9.28. The second kappa shape index (κ2) is 10.0. The highest BCUT2D eigenvalue weighted by molar-refractivity contribution is 7.92. The molecule has 0 saturated heterocycles. The van der Waals surface area contributed by atoms with Gasteiger partial charge in [-0.1, -0.05) is 53.5 Å². The summed E-state index contributed by atoms with van der Waals surface area (Å²) < 4.78 is 33.5. The molecular formula is C22H20Cl2N2O4S. The van der Waals surface area contributed by atoms with Crippen LogP contribution in [0.5, 0.6) is 5.75 Å². The third-order valence-electron chi connectivity index (χ3n) is 4.38. The lowest BCUT2D eigenvalue weighted by Crippen LogP contribution is -2.31. The normalized spacial score (nSPS) is 11.1. The lowest BCUT2D eigenvalue weighted by atomic mass is 10.2. The fraction of sp³-hybridized carbons (Fsp3) is 0.136. The van der Waals surface area contributed by atoms with Crippen LogP contribution in [0.15, 0.2) is 77.7 Å². The molecule has 3 aromatic carbocycles. The molecule has 0 atom stereocenters. The average Bonchev–Trinajstić information content (AvgIpc) is 2.76. The highest BCUT2D eigenvalue weighted by Crippen LogP contribution is 2.25. The Morgan fingerprint density at radius 3 is 2.35 bits per heavy atom. The minimum absolute atomic E-state index is 0.0426. The Bertz CT molecular complexity index is 1190. The zero-order chi connectivity index (χ0) is 22.4. The number of benzene rings is 3. The molecule has 0 bridgehead atoms. The molecule has 31 heavy (non-hydrogen) atoms. The summed E-state index contributed by atoms with van der Waals surface area (Å²) in [4.78, 5) is 14.2. The van der Waals surface area contributed by atoms with Gasteiger partial charge in [0.2, 0.25) is 0 Å². The number of hydrogen-bond donors (Lipinski definition) is 1. The number of nitrogens with zero attached hydrogens (tertiary/aromatic N) is 1. The summed E-state index contributed by atoms with van der Waals surface area (Å²) in [7, 11) is -2.31. The van der Waals surface area contributed by atoms with Gasteiger partial charge in [-0.3, -0.25) is 9.52 Å². The zero-order valence-corrected chi connectivity index (χ0v) is 18.9. The Kier molecular flexibility index (Phi) is 7.43. The molecule has 0 heterocycles. The highest BCUT2D eigenvalue weighted by Gasteiger charge is 2.19. The fourth-order valence-electron chi connectivity index (χ4n) is 2.72. The second-order valence-corrected chi connectivity index (χ2v) is 9.12. The quantitative estimate of drug-likeness (QED) is 0.497. The predicted molar refractivity (Wildman–Crippen MR) is 123 cm³/mol. The van der Waals surface area contributed by atoms with E-state index in [0.717, 1.165) is 0 Å². The number of rotatable bonds is 8. The van der Waals surface area contributed by atoms with E-state index in [0.29, 0.717) is 17.3 Å². The maximum atomic E-state index is 12.8. The number of amides is 1. The van der Waals surface area contributed by atoms with Gasteiger partial charge in [0.25, 0.3) is 15.9 Å². The lowest BCUT2D eigenvalue weighted by molar-refractivity contribution is 0.0773. The molecule has 0 fully saturated rings. The third kappa shape index (κ3) is 5.91. The van der Waals surface area contributed by atoms with E-state index in [1.165, 1.54) is 23.1 Å². The van der Waals surface area contributed by atoms with E-state index < -0.39 is 10.0 Å². The molecule has 0 unspecified atom stereocenters. The number of hydrogen-bond acceptors (Lipinski definition) is 4. The van der Waals surface area contributed by atoms with E-state index in [1.807, 2.05) is 0 Å². The number of ether oxygens (including phenoxy) is 1. The van der Waals surface area contributed by atoms with Crippen molar-refractivity contribution < 1.29 is 17.9 Å². The molecule has 0 aliphatic carbocycles. The van der Waals surface area contributed by atoms with E-state index in [9.17, 15) is 13.2 Å². The summed E-state index contributed by atoms with van der Waals surface area (Å²) >= 11 is 12.1. The Hall–Kier alpha value is -2.74. The van der Waals surface area contributed by atoms with Gasteiger partial charge in [-0.2, -0.15) is 0 Å². The van der Waals surface area contributed by atoms with Crippen molar-refractivity contribution in [3.63, 3.8) is 0 Å². The van der Waals surface area contributed by atoms with E-state index in [4.69, 9.17) is 27.9 Å². The molecule has 0 saturated carbocycles. The summed E-state index contributed by atoms with van der Waals surface area (Å²) in [6.07, 6.45) is 0. The van der Waals surface area contributed by atoms with Gasteiger partial charge < -0.3 is 9.64 Å². The molecule has 0 aliphatic rings. The predicted octanol–water partition coefficient (Wildman–Crippen LogP) is 4.95. The minimum Gasteiger partial charge on any atom is -0.490 e. The molecule has 1 N–H and O–H groups in total. The van der Waals surface area contributed by atoms with Crippen molar-refractivity contribution in [2.24, 2.45) is 0 Å². The van der Waals surface area contributed by atoms with Crippen molar-refractivity contribution in [3.8, 4) is 5.75 Å². The van der Waals surface area contributed by atoms with E-state index in [2.05, 4.69) is 4.72 Å². The SMILES string of the molecule is CN(CCOc1ccccc1Cl)C(=O)c1cccc(S(=O)(=O)Nc2ccccc2Cl)c1. The van der Waals surface area contributed by atoms with Crippen LogP contribution in [-0.4, -0.2) is 39.4 Å². The number of carbonyl (C=O) groups excluding carboxylic acids is 1. The van der Waals surface area contributed by atoms with Gasteiger partial charge in [-0.25, -0.2) is 8.42 Å². The van der Waals surface area contributed by atoms with Crippen LogP contribution in [-0.2, 0) is 10.0 Å². The molecule has 0 spiro atoms. The maximum Gasteiger partial charge on any atom is 0.261 e. The third-order valence-corrected chi connectivity index (χ3v) is 6.38. The number of sulfonamides is 1. The van der Waals surface area contributed by atoms with Gasteiger partial charge >= 0.3 is 0 Å². The first kappa shape index (κ1) is 22.9. The lowest BCUT2D eigenvalue weighted by Gasteiger charge is -2.18. The molecule has 6 nitrogen and oxygen atoms in total. The Balaban J connectivity index is 1.67. The zero-order valence-electron chi connectivity index (χ0n) is 16.6. The van der Waals surface area contributed by atoms with Crippen LogP contribution in [0.1, 0.15) is 10.4 Å². The average molecular weight is 479 g/mol. The number of para-hydroxylation sites is 2. The first-order chi connectivity index (χ1) is 14.8. The smallest absolute Gasteiger partial charge is 0.261 e. The summed E-state index contributed by atoms with van der Waals surface area (Å²) in [5.74, 6) is 0.196. The number of anilines is 1. The summed E-state index contributed by atoms with van der Waals surface area (Å²) in [5, 5.41) is 0.761. The molecule has 0 aromatic heterocycles. The van der Waals surface area contributed by atoms with Gasteiger partial charge in [0.15, 0.2) is 0 Å². The van der Waals surface area contributed by atoms with Crippen molar-refractivity contribution in [2.75, 3.05) is 24.9 Å². The van der Waals surface area contributed by atoms with Crippen LogP contribution in [0.2, 0.25) is 10.0 Å². The Labute approximate surface area is 191 Å². The Morgan fingerprint density at radius 2 is 1.65 bits per heavy atom. The first-order valence-corrected chi connectivity index (χ1v) is 11.5. The van der Waals surface area contributed by atoms with Crippen LogP contribution in [0.25, 0.3) is 0 Å². The minimum atomic E-state index is -3.92. The second-order valence-electron chi connectivity index (χ2n) is 6.62. The van der Waals surface area contributed by atoms with Crippen molar-refractivity contribution in [2.45, 2.75) is 4.90 Å². The van der Waals surface area contributed by atoms with Crippen LogP contribution in [0, 0.1) is 0 Å². The molecule has 162 valence electrons. The molecule has 1 amide bonds. The topological polar surface area (TPSA) is 75.7 Å². The van der Waals surface area contributed by atoms with E-state index in [-0.39, 0.29) is 33.7 Å². The van der Waals surface area contributed by atoms with Crippen molar-refractivity contribution in [1.29, 1.82) is 0 Å². The maximum absolute atomic E-state index is 12.8. The molecular weight excluding hydrogens is 459 g/mol. The van der Waals surface area contributed by atoms with Crippen LogP contribution in [0.3, 0.4) is 0 Å². The van der Waals surface area contributed by atoms with Gasteiger partial charge in [-0.05, 0) is 42.5 Å². The standard InChI is InChI=1S/C22H20Cl2N2O4S/c1-26(13-14-30-21-12-5-3-10-19(21)24)22(27)16-7-6-8-17(15-16)31(28,29)25-20-11-4-2-9-18(20)23/h2-12,15,25H,13-14H2,1H3.